The maximum absolute atomic E-state index is 13.0. The minimum Gasteiger partial charge on any atom is -0.326 e. The Balaban J connectivity index is 1.23. The second-order valence-electron chi connectivity index (χ2n) is 8.32. The number of fused-ring (bicyclic) bond motifs is 1. The van der Waals surface area contributed by atoms with Gasteiger partial charge in [-0.1, -0.05) is 6.07 Å². The van der Waals surface area contributed by atoms with Crippen molar-refractivity contribution >= 4 is 33.1 Å². The Hall–Kier alpha value is -3.20. The molecule has 170 valence electrons. The Kier molecular flexibility index (Phi) is 5.44. The summed E-state index contributed by atoms with van der Waals surface area (Å²) in [5.41, 5.74) is 3.38. The van der Waals surface area contributed by atoms with E-state index in [0.717, 1.165) is 39.7 Å². The summed E-state index contributed by atoms with van der Waals surface area (Å²) in [7, 11) is 0. The molecule has 33 heavy (non-hydrogen) atoms. The zero-order valence-electron chi connectivity index (χ0n) is 17.8. The first kappa shape index (κ1) is 21.6. The number of halogens is 3. The van der Waals surface area contributed by atoms with Gasteiger partial charge < -0.3 is 5.32 Å². The number of nitrogens with one attached hydrogen (secondary N) is 1. The number of nitrogens with zero attached hydrogens (tertiary/aromatic N) is 3. The van der Waals surface area contributed by atoms with E-state index >= 15 is 0 Å². The van der Waals surface area contributed by atoms with Crippen molar-refractivity contribution in [1.29, 1.82) is 0 Å². The van der Waals surface area contributed by atoms with Crippen molar-refractivity contribution < 1.29 is 18.0 Å². The molecule has 9 heteroatoms. The lowest BCUT2D eigenvalue weighted by Gasteiger charge is -2.08. The highest BCUT2D eigenvalue weighted by atomic mass is 32.1. The lowest BCUT2D eigenvalue weighted by atomic mass is 10.2. The zero-order chi connectivity index (χ0) is 23.2. The molecule has 0 saturated heterocycles. The van der Waals surface area contributed by atoms with Crippen LogP contribution < -0.4 is 5.32 Å². The fraction of sp³-hybridized carbons (Fsp3) is 0.292. The van der Waals surface area contributed by atoms with Crippen molar-refractivity contribution in [3.05, 3.63) is 65.5 Å². The van der Waals surface area contributed by atoms with Gasteiger partial charge in [0.1, 0.15) is 5.01 Å². The average molecular weight is 471 g/mol. The number of aromatic nitrogens is 3. The third-order valence-corrected chi connectivity index (χ3v) is 6.67. The molecule has 1 aliphatic rings. The molecule has 4 aromatic rings. The normalized spacial score (nSPS) is 14.1. The third kappa shape index (κ3) is 4.78. The van der Waals surface area contributed by atoms with Crippen molar-refractivity contribution in [3.63, 3.8) is 0 Å². The van der Waals surface area contributed by atoms with Gasteiger partial charge in [-0.2, -0.15) is 18.3 Å². The summed E-state index contributed by atoms with van der Waals surface area (Å²) in [6.45, 7) is 2.15. The maximum atomic E-state index is 13.0. The van der Waals surface area contributed by atoms with Crippen molar-refractivity contribution in [1.82, 2.24) is 14.8 Å². The summed E-state index contributed by atoms with van der Waals surface area (Å²) in [6, 6.07) is 14.7. The summed E-state index contributed by atoms with van der Waals surface area (Å²) >= 11 is 1.61. The number of benzene rings is 2. The van der Waals surface area contributed by atoms with Gasteiger partial charge in [-0.15, -0.1) is 11.3 Å². The number of thiazole rings is 1. The molecule has 0 radical (unpaired) electrons. The van der Waals surface area contributed by atoms with Crippen LogP contribution in [-0.2, 0) is 17.5 Å². The van der Waals surface area contributed by atoms with E-state index in [1.807, 2.05) is 31.2 Å². The van der Waals surface area contributed by atoms with Crippen LogP contribution in [0.25, 0.3) is 20.8 Å². The molecular weight excluding hydrogens is 449 g/mol. The highest BCUT2D eigenvalue weighted by Gasteiger charge is 2.37. The molecular formula is C24H21F3N4OS. The Labute approximate surface area is 192 Å². The number of aryl methyl sites for hydroxylation is 2. The number of carbonyl (C=O) groups is 1. The molecule has 1 amide bonds. The first-order chi connectivity index (χ1) is 15.8. The van der Waals surface area contributed by atoms with Crippen LogP contribution in [0.1, 0.15) is 42.1 Å². The smallest absolute Gasteiger partial charge is 0.326 e. The average Bonchev–Trinajstić information content (AvgIpc) is 3.37. The van der Waals surface area contributed by atoms with Gasteiger partial charge in [0.05, 0.1) is 10.2 Å². The molecule has 5 rings (SSSR count). The lowest BCUT2D eigenvalue weighted by Crippen LogP contribution is -2.16. The van der Waals surface area contributed by atoms with E-state index in [1.54, 1.807) is 23.5 Å². The summed E-state index contributed by atoms with van der Waals surface area (Å²) in [4.78, 5) is 17.1. The first-order valence-electron chi connectivity index (χ1n) is 10.7. The summed E-state index contributed by atoms with van der Waals surface area (Å²) in [6.07, 6.45) is -2.73. The molecule has 2 aromatic carbocycles. The van der Waals surface area contributed by atoms with Gasteiger partial charge in [-0.25, -0.2) is 4.98 Å². The fourth-order valence-corrected chi connectivity index (χ4v) is 4.81. The fourth-order valence-electron chi connectivity index (χ4n) is 3.74. The minimum absolute atomic E-state index is 0.0394. The molecule has 1 saturated carbocycles. The molecule has 5 nitrogen and oxygen atoms in total. The molecule has 1 fully saturated rings. The van der Waals surface area contributed by atoms with Gasteiger partial charge in [0, 0.05) is 35.8 Å². The number of rotatable bonds is 6. The number of amides is 1. The highest BCUT2D eigenvalue weighted by Crippen LogP contribution is 2.42. The molecule has 1 aliphatic carbocycles. The van der Waals surface area contributed by atoms with Crippen molar-refractivity contribution in [2.24, 2.45) is 0 Å². The Morgan fingerprint density at radius 3 is 2.61 bits per heavy atom. The SMILES string of the molecule is Cc1ccc2nc(-c3ccc(NC(=O)CCn4nc(C(F)(F)F)cc4C4CC4)cc3)sc2c1. The lowest BCUT2D eigenvalue weighted by molar-refractivity contribution is -0.141. The predicted octanol–water partition coefficient (Wildman–Crippen LogP) is 6.39. The van der Waals surface area contributed by atoms with E-state index in [-0.39, 0.29) is 24.8 Å². The topological polar surface area (TPSA) is 59.8 Å². The minimum atomic E-state index is -4.49. The van der Waals surface area contributed by atoms with Crippen LogP contribution in [0.5, 0.6) is 0 Å². The third-order valence-electron chi connectivity index (χ3n) is 5.61. The van der Waals surface area contributed by atoms with Gasteiger partial charge in [-0.3, -0.25) is 9.48 Å². The van der Waals surface area contributed by atoms with E-state index in [2.05, 4.69) is 21.5 Å². The van der Waals surface area contributed by atoms with E-state index in [1.165, 1.54) is 10.2 Å². The van der Waals surface area contributed by atoms with Gasteiger partial charge in [0.25, 0.3) is 0 Å². The van der Waals surface area contributed by atoms with Crippen LogP contribution in [0.15, 0.2) is 48.5 Å². The van der Waals surface area contributed by atoms with Gasteiger partial charge in [-0.05, 0) is 67.8 Å². The van der Waals surface area contributed by atoms with Crippen molar-refractivity contribution in [2.45, 2.75) is 44.8 Å². The van der Waals surface area contributed by atoms with Crippen molar-refractivity contribution in [2.75, 3.05) is 5.32 Å². The largest absolute Gasteiger partial charge is 0.435 e. The molecule has 0 bridgehead atoms. The Morgan fingerprint density at radius 1 is 1.15 bits per heavy atom. The monoisotopic (exact) mass is 470 g/mol. The van der Waals surface area contributed by atoms with E-state index < -0.39 is 11.9 Å². The van der Waals surface area contributed by atoms with Crippen molar-refractivity contribution in [3.8, 4) is 10.6 Å². The number of hydrogen-bond acceptors (Lipinski definition) is 4. The summed E-state index contributed by atoms with van der Waals surface area (Å²) in [5, 5.41) is 7.41. The molecule has 0 aliphatic heterocycles. The second-order valence-corrected chi connectivity index (χ2v) is 9.35. The van der Waals surface area contributed by atoms with Crippen LogP contribution in [0.3, 0.4) is 0 Å². The van der Waals surface area contributed by atoms with Gasteiger partial charge in [0.2, 0.25) is 5.91 Å². The standard InChI is InChI=1S/C24H21F3N4OS/c1-14-2-9-18-20(12-14)33-23(29-18)16-5-7-17(8-6-16)28-22(32)10-11-31-19(15-3-4-15)13-21(30-31)24(25,26)27/h2,5-9,12-13,15H,3-4,10-11H2,1H3,(H,28,32). The first-order valence-corrected chi connectivity index (χ1v) is 11.5. The number of alkyl halides is 3. The van der Waals surface area contributed by atoms with E-state index in [4.69, 9.17) is 0 Å². The van der Waals surface area contributed by atoms with Crippen LogP contribution >= 0.6 is 11.3 Å². The Morgan fingerprint density at radius 2 is 1.91 bits per heavy atom. The molecule has 0 unspecified atom stereocenters. The number of carbonyl (C=O) groups excluding carboxylic acids is 1. The van der Waals surface area contributed by atoms with Crippen LogP contribution in [0, 0.1) is 6.92 Å². The molecule has 0 atom stereocenters. The quantitative estimate of drug-likeness (QED) is 0.355. The number of hydrogen-bond donors (Lipinski definition) is 1. The number of anilines is 1. The maximum Gasteiger partial charge on any atom is 0.435 e. The molecule has 2 aromatic heterocycles. The molecule has 0 spiro atoms. The van der Waals surface area contributed by atoms with Gasteiger partial charge >= 0.3 is 6.18 Å². The van der Waals surface area contributed by atoms with Crippen LogP contribution in [0.2, 0.25) is 0 Å². The predicted molar refractivity (Wildman–Crippen MR) is 122 cm³/mol. The van der Waals surface area contributed by atoms with Gasteiger partial charge in [0.15, 0.2) is 5.69 Å². The van der Waals surface area contributed by atoms with E-state index in [0.29, 0.717) is 11.4 Å². The van der Waals surface area contributed by atoms with Crippen LogP contribution in [0.4, 0.5) is 18.9 Å². The Bertz CT molecular complexity index is 1320. The molecule has 1 N–H and O–H groups in total. The highest BCUT2D eigenvalue weighted by molar-refractivity contribution is 7.21. The zero-order valence-corrected chi connectivity index (χ0v) is 18.6. The van der Waals surface area contributed by atoms with Crippen LogP contribution in [-0.4, -0.2) is 20.7 Å². The summed E-state index contributed by atoms with van der Waals surface area (Å²) in [5.74, 6) is -0.167. The summed E-state index contributed by atoms with van der Waals surface area (Å²) < 4.78 is 41.5. The van der Waals surface area contributed by atoms with E-state index in [9.17, 15) is 18.0 Å². The molecule has 2 heterocycles. The second kappa shape index (κ2) is 8.30.